The van der Waals surface area contributed by atoms with Crippen LogP contribution in [0.1, 0.15) is 30.0 Å². The number of benzene rings is 1. The number of ether oxygens (including phenoxy) is 1. The summed E-state index contributed by atoms with van der Waals surface area (Å²) < 4.78 is 28.6. The number of nitrogens with two attached hydrogens (primary N) is 1. The molecule has 3 N–H and O–H groups in total. The molecule has 2 aliphatic rings. The maximum Gasteiger partial charge on any atom is 0.156 e. The molecule has 3 unspecified atom stereocenters. The van der Waals surface area contributed by atoms with Gasteiger partial charge in [-0.1, -0.05) is 6.07 Å². The fourth-order valence-electron chi connectivity index (χ4n) is 2.99. The van der Waals surface area contributed by atoms with Crippen molar-refractivity contribution in [2.24, 2.45) is 5.73 Å². The normalized spacial score (nSPS) is 31.8. The first-order valence-corrected chi connectivity index (χ1v) is 8.70. The number of hydrogen-bond donors (Lipinski definition) is 2. The van der Waals surface area contributed by atoms with E-state index in [2.05, 4.69) is 0 Å². The molecule has 1 aliphatic heterocycles. The van der Waals surface area contributed by atoms with Gasteiger partial charge in [-0.2, -0.15) is 0 Å². The van der Waals surface area contributed by atoms with E-state index in [0.717, 1.165) is 30.4 Å². The lowest BCUT2D eigenvalue weighted by Crippen LogP contribution is -2.29. The summed E-state index contributed by atoms with van der Waals surface area (Å²) in [4.78, 5) is 0. The molecular formula is C14H19NO4S. The van der Waals surface area contributed by atoms with Crippen molar-refractivity contribution in [3.05, 3.63) is 29.3 Å². The fraction of sp³-hybridized carbons (Fsp3) is 0.571. The molecule has 3 atom stereocenters. The van der Waals surface area contributed by atoms with Gasteiger partial charge in [-0.25, -0.2) is 8.42 Å². The zero-order valence-electron chi connectivity index (χ0n) is 11.2. The minimum atomic E-state index is -3.19. The molecule has 0 aromatic heterocycles. The zero-order chi connectivity index (χ0) is 14.3. The Labute approximate surface area is 118 Å². The maximum absolute atomic E-state index is 11.5. The maximum atomic E-state index is 11.5. The molecule has 5 nitrogen and oxygen atoms in total. The van der Waals surface area contributed by atoms with Crippen molar-refractivity contribution in [1.82, 2.24) is 0 Å². The summed E-state index contributed by atoms with van der Waals surface area (Å²) in [5.74, 6) is 0.275. The Morgan fingerprint density at radius 3 is 2.80 bits per heavy atom. The molecule has 0 saturated carbocycles. The average molecular weight is 297 g/mol. The van der Waals surface area contributed by atoms with Crippen molar-refractivity contribution >= 4 is 9.84 Å². The monoisotopic (exact) mass is 297 g/mol. The quantitative estimate of drug-likeness (QED) is 0.832. The summed E-state index contributed by atoms with van der Waals surface area (Å²) in [5.41, 5.74) is 8.36. The first-order valence-electron chi connectivity index (χ1n) is 6.88. The SMILES string of the molecule is NC1CCCc2cc(OC3CS(=O)(=O)CC3O)ccc21. The summed E-state index contributed by atoms with van der Waals surface area (Å²) in [6.45, 7) is 0. The highest BCUT2D eigenvalue weighted by Crippen LogP contribution is 2.31. The number of aliphatic hydroxyl groups excluding tert-OH is 1. The van der Waals surface area contributed by atoms with Crippen LogP contribution in [0.25, 0.3) is 0 Å². The van der Waals surface area contributed by atoms with Gasteiger partial charge in [0.1, 0.15) is 18.0 Å². The number of hydrogen-bond acceptors (Lipinski definition) is 5. The summed E-state index contributed by atoms with van der Waals surface area (Å²) in [5, 5.41) is 9.74. The number of sulfone groups is 1. The van der Waals surface area contributed by atoms with Crippen LogP contribution in [-0.4, -0.2) is 37.2 Å². The van der Waals surface area contributed by atoms with Gasteiger partial charge in [0.2, 0.25) is 0 Å². The van der Waals surface area contributed by atoms with E-state index >= 15 is 0 Å². The molecule has 1 fully saturated rings. The van der Waals surface area contributed by atoms with E-state index in [-0.39, 0.29) is 17.5 Å². The minimum absolute atomic E-state index is 0.0743. The third-order valence-corrected chi connectivity index (χ3v) is 5.72. The molecule has 1 aromatic carbocycles. The Kier molecular flexibility index (Phi) is 3.48. The molecule has 1 aliphatic carbocycles. The standard InChI is InChI=1S/C14H19NO4S/c15-12-3-1-2-9-6-10(4-5-11(9)12)19-14-8-20(17,18)7-13(14)16/h4-6,12-14,16H,1-3,7-8,15H2. The molecule has 110 valence electrons. The van der Waals surface area contributed by atoms with Crippen molar-refractivity contribution in [1.29, 1.82) is 0 Å². The summed E-state index contributed by atoms with van der Waals surface area (Å²) in [6, 6.07) is 5.75. The third kappa shape index (κ3) is 2.68. The molecule has 0 radical (unpaired) electrons. The second-order valence-electron chi connectivity index (χ2n) is 5.66. The Morgan fingerprint density at radius 2 is 2.10 bits per heavy atom. The zero-order valence-corrected chi connectivity index (χ0v) is 12.0. The smallest absolute Gasteiger partial charge is 0.156 e. The van der Waals surface area contributed by atoms with Crippen molar-refractivity contribution in [2.45, 2.75) is 37.5 Å². The van der Waals surface area contributed by atoms with Crippen molar-refractivity contribution in [3.63, 3.8) is 0 Å². The lowest BCUT2D eigenvalue weighted by molar-refractivity contribution is 0.0737. The van der Waals surface area contributed by atoms with Crippen LogP contribution in [0.2, 0.25) is 0 Å². The molecule has 20 heavy (non-hydrogen) atoms. The lowest BCUT2D eigenvalue weighted by atomic mass is 9.88. The number of aliphatic hydroxyl groups is 1. The van der Waals surface area contributed by atoms with Gasteiger partial charge in [-0.15, -0.1) is 0 Å². The van der Waals surface area contributed by atoms with Gasteiger partial charge >= 0.3 is 0 Å². The first-order chi connectivity index (χ1) is 9.44. The van der Waals surface area contributed by atoms with Gasteiger partial charge in [0.25, 0.3) is 0 Å². The van der Waals surface area contributed by atoms with E-state index in [1.54, 1.807) is 0 Å². The predicted octanol–water partition coefficient (Wildman–Crippen LogP) is 0.559. The van der Waals surface area contributed by atoms with Crippen LogP contribution < -0.4 is 10.5 Å². The highest BCUT2D eigenvalue weighted by molar-refractivity contribution is 7.91. The molecular weight excluding hydrogens is 278 g/mol. The van der Waals surface area contributed by atoms with Gasteiger partial charge in [0.15, 0.2) is 9.84 Å². The number of rotatable bonds is 2. The van der Waals surface area contributed by atoms with Gasteiger partial charge in [0, 0.05) is 6.04 Å². The number of aryl methyl sites for hydroxylation is 1. The Morgan fingerprint density at radius 1 is 1.30 bits per heavy atom. The highest BCUT2D eigenvalue weighted by atomic mass is 32.2. The predicted molar refractivity (Wildman–Crippen MR) is 75.4 cm³/mol. The van der Waals surface area contributed by atoms with Crippen LogP contribution in [0.3, 0.4) is 0 Å². The molecule has 0 amide bonds. The van der Waals surface area contributed by atoms with Gasteiger partial charge < -0.3 is 15.6 Å². The Bertz CT molecular complexity index is 614. The topological polar surface area (TPSA) is 89.6 Å². The molecule has 1 heterocycles. The lowest BCUT2D eigenvalue weighted by Gasteiger charge is -2.23. The van der Waals surface area contributed by atoms with Crippen LogP contribution in [0.4, 0.5) is 0 Å². The minimum Gasteiger partial charge on any atom is -0.487 e. The number of fused-ring (bicyclic) bond motifs is 1. The molecule has 0 bridgehead atoms. The van der Waals surface area contributed by atoms with E-state index in [0.29, 0.717) is 5.75 Å². The van der Waals surface area contributed by atoms with Crippen LogP contribution in [0.15, 0.2) is 18.2 Å². The van der Waals surface area contributed by atoms with Gasteiger partial charge in [0.05, 0.1) is 11.5 Å². The second-order valence-corrected chi connectivity index (χ2v) is 7.81. The van der Waals surface area contributed by atoms with Crippen LogP contribution in [-0.2, 0) is 16.3 Å². The van der Waals surface area contributed by atoms with E-state index in [9.17, 15) is 13.5 Å². The third-order valence-electron chi connectivity index (χ3n) is 4.03. The van der Waals surface area contributed by atoms with Gasteiger partial charge in [-0.3, -0.25) is 0 Å². The molecule has 6 heteroatoms. The largest absolute Gasteiger partial charge is 0.487 e. The fourth-order valence-corrected chi connectivity index (χ4v) is 4.65. The van der Waals surface area contributed by atoms with E-state index < -0.39 is 22.0 Å². The molecule has 0 spiro atoms. The molecule has 1 saturated heterocycles. The summed E-state index contributed by atoms with van der Waals surface area (Å²) in [7, 11) is -3.19. The second kappa shape index (κ2) is 5.02. The van der Waals surface area contributed by atoms with Crippen molar-refractivity contribution < 1.29 is 18.3 Å². The van der Waals surface area contributed by atoms with E-state index in [1.807, 2.05) is 18.2 Å². The Balaban J connectivity index is 1.79. The first kappa shape index (κ1) is 13.9. The van der Waals surface area contributed by atoms with E-state index in [1.165, 1.54) is 0 Å². The van der Waals surface area contributed by atoms with Crippen LogP contribution in [0, 0.1) is 0 Å². The van der Waals surface area contributed by atoms with Crippen LogP contribution >= 0.6 is 0 Å². The van der Waals surface area contributed by atoms with Crippen molar-refractivity contribution in [3.8, 4) is 5.75 Å². The van der Waals surface area contributed by atoms with Gasteiger partial charge in [-0.05, 0) is 42.5 Å². The average Bonchev–Trinajstić information content (AvgIpc) is 2.62. The highest BCUT2D eigenvalue weighted by Gasteiger charge is 2.38. The molecule has 3 rings (SSSR count). The molecule has 1 aromatic rings. The van der Waals surface area contributed by atoms with E-state index in [4.69, 9.17) is 10.5 Å². The summed E-state index contributed by atoms with van der Waals surface area (Å²) in [6.07, 6.45) is 1.39. The summed E-state index contributed by atoms with van der Waals surface area (Å²) >= 11 is 0. The van der Waals surface area contributed by atoms with Crippen molar-refractivity contribution in [2.75, 3.05) is 11.5 Å². The Hall–Kier alpha value is -1.11. The van der Waals surface area contributed by atoms with Crippen LogP contribution in [0.5, 0.6) is 5.75 Å².